The quantitative estimate of drug-likeness (QED) is 0.0249. The van der Waals surface area contributed by atoms with Gasteiger partial charge in [0.15, 0.2) is 0 Å². The van der Waals surface area contributed by atoms with Gasteiger partial charge in [-0.25, -0.2) is 19.9 Å². The van der Waals surface area contributed by atoms with E-state index in [0.717, 1.165) is 157 Å². The van der Waals surface area contributed by atoms with Crippen molar-refractivity contribution in [2.75, 3.05) is 94.9 Å². The maximum atomic E-state index is 13.0. The van der Waals surface area contributed by atoms with Crippen molar-refractivity contribution in [3.8, 4) is 0 Å². The summed E-state index contributed by atoms with van der Waals surface area (Å²) in [5, 5.41) is 57.2. The average molecular weight is 2030 g/mol. The molecule has 4 fully saturated rings. The molecule has 12 aromatic rings. The molecule has 28 nitrogen and oxygen atoms in total. The fourth-order valence-corrected chi connectivity index (χ4v) is 16.6. The van der Waals surface area contributed by atoms with Gasteiger partial charge in [0.25, 0.3) is 47.3 Å². The second-order valence-electron chi connectivity index (χ2n) is 32.7. The van der Waals surface area contributed by atoms with Gasteiger partial charge in [0.2, 0.25) is 0 Å². The summed E-state index contributed by atoms with van der Waals surface area (Å²) in [7, 11) is 0. The van der Waals surface area contributed by atoms with Gasteiger partial charge < -0.3 is 62.1 Å². The van der Waals surface area contributed by atoms with Gasteiger partial charge in [-0.1, -0.05) is 118 Å². The Labute approximate surface area is 824 Å². The SMILES string of the molecule is Cc1cc(Cl)c(NC(=O)c2ccc(C(=N)N3CCCC3)cc2)c(C(=O)Nc2ccc(Cl)cn2)c1.Cc1cc(Cl)c(NC(=O)c2ccc(C(=N)N3CCCCC3)cc2)c(C(=O)Nc2ccc(Cl)cn2)c1.Cc1ccc(NC(=O)c2ccc(C(=N)N3CCCC3)cc2)c(C(=O)Nc2ccc(Br)cn2)c1.Cc1ccc(NC(=O)c2ccc(C(=N)N3CCCCC3)cc2)c(C(=O)Nc2ccc(Br)cn2)c1. The number of benzene rings is 8. The topological polar surface area (TPSA) is 393 Å². The molecule has 696 valence electrons. The van der Waals surface area contributed by atoms with Crippen LogP contribution < -0.4 is 42.5 Å². The molecule has 34 heteroatoms. The summed E-state index contributed by atoms with van der Waals surface area (Å²) in [5.74, 6) is 0.239. The first-order valence-electron chi connectivity index (χ1n) is 44.0. The van der Waals surface area contributed by atoms with Crippen molar-refractivity contribution >= 4 is 195 Å². The number of pyridine rings is 4. The molecule has 4 aliphatic rings. The summed E-state index contributed by atoms with van der Waals surface area (Å²) < 4.78 is 1.62. The van der Waals surface area contributed by atoms with E-state index in [2.05, 4.69) is 104 Å². The van der Waals surface area contributed by atoms with Crippen molar-refractivity contribution in [3.05, 3.63) is 349 Å². The minimum absolute atomic E-state index is 0.206. The van der Waals surface area contributed by atoms with Crippen LogP contribution in [-0.2, 0) is 0 Å². The number of carbonyl (C=O) groups is 8. The van der Waals surface area contributed by atoms with E-state index in [-0.39, 0.29) is 56.2 Å². The van der Waals surface area contributed by atoms with Gasteiger partial charge in [0.05, 0.1) is 65.1 Å². The molecule has 8 amide bonds. The standard InChI is InChI=1S/C26H26BrN5O2.C26H25Cl2N5O2.C25H24BrN5O2.C25H23Cl2N5O2/c1-17-5-11-22(21(15-17)26(34)31-23-12-10-20(27)16-29-23)30-25(33)19-8-6-18(7-9-19)24(28)32-13-3-2-4-14-32;1-16-13-20(26(35)31-22-10-9-19(27)15-30-22)23(21(28)14-16)32-25(34)18-7-5-17(6-8-18)24(29)33-11-3-2-4-12-33;1-16-4-10-21(20(14-16)25(33)30-22-11-9-19(26)15-28-22)29-24(32)18-7-5-17(6-8-18)23(27)31-12-2-3-13-31;1-15-12-19(25(34)30-21-9-8-18(26)14-29-21)22(20(27)13-15)31-24(33)17-6-4-16(5-7-17)23(28)32-10-2-3-11-32/h5-12,15-16,28H,2-4,13-14H2,1H3,(H,30,33)(H,29,31,34);5-10,13-15,29H,2-4,11-12H2,1H3,(H,32,34)(H,30,31,35);4-11,14-15,27H,2-3,12-13H2,1H3,(H,29,32)(H,28,30,33);4-9,12-14,28H,2-3,10-11H2,1H3,(H,31,33)(H,29,30,34). The van der Waals surface area contributed by atoms with Crippen LogP contribution >= 0.6 is 78.3 Å². The van der Waals surface area contributed by atoms with Gasteiger partial charge in [-0.3, -0.25) is 60.0 Å². The molecule has 136 heavy (non-hydrogen) atoms. The number of piperidine rings is 2. The van der Waals surface area contributed by atoms with Gasteiger partial charge in [-0.05, 0) is 280 Å². The Morgan fingerprint density at radius 2 is 0.507 bits per heavy atom. The first-order chi connectivity index (χ1) is 65.4. The fourth-order valence-electron chi connectivity index (χ4n) is 15.3. The Hall–Kier alpha value is -13.9. The number of carbonyl (C=O) groups excluding carboxylic acids is 8. The van der Waals surface area contributed by atoms with Crippen molar-refractivity contribution in [1.29, 1.82) is 21.6 Å². The highest BCUT2D eigenvalue weighted by Crippen LogP contribution is 2.34. The Morgan fingerprint density at radius 3 is 0.772 bits per heavy atom. The van der Waals surface area contributed by atoms with Gasteiger partial charge in [0.1, 0.15) is 46.6 Å². The second-order valence-corrected chi connectivity index (χ2v) is 36.2. The van der Waals surface area contributed by atoms with Crippen LogP contribution in [0.4, 0.5) is 46.0 Å². The van der Waals surface area contributed by atoms with Crippen molar-refractivity contribution in [2.45, 2.75) is 91.9 Å². The third kappa shape index (κ3) is 27.2. The number of amidine groups is 4. The molecule has 4 saturated heterocycles. The van der Waals surface area contributed by atoms with Crippen molar-refractivity contribution in [3.63, 3.8) is 0 Å². The van der Waals surface area contributed by atoms with Crippen LogP contribution in [0.2, 0.25) is 20.1 Å². The number of hydrogen-bond acceptors (Lipinski definition) is 16. The van der Waals surface area contributed by atoms with E-state index in [1.165, 1.54) is 25.2 Å². The zero-order valence-corrected chi connectivity index (χ0v) is 81.0. The first kappa shape index (κ1) is 99.6. The smallest absolute Gasteiger partial charge is 0.258 e. The third-order valence-corrected chi connectivity index (χ3v) is 24.5. The lowest BCUT2D eigenvalue weighted by molar-refractivity contribution is 0.101. The summed E-state index contributed by atoms with van der Waals surface area (Å²) in [4.78, 5) is 128. The van der Waals surface area contributed by atoms with Crippen molar-refractivity contribution in [1.82, 2.24) is 39.5 Å². The molecule has 0 spiro atoms. The summed E-state index contributed by atoms with van der Waals surface area (Å²) in [6, 6.07) is 58.3. The van der Waals surface area contributed by atoms with Crippen LogP contribution in [0.3, 0.4) is 0 Å². The molecule has 16 rings (SSSR count). The van der Waals surface area contributed by atoms with Gasteiger partial charge in [0, 0.05) is 131 Å². The van der Waals surface area contributed by atoms with E-state index in [1.54, 1.807) is 207 Å². The van der Waals surface area contributed by atoms with E-state index >= 15 is 0 Å². The van der Waals surface area contributed by atoms with Crippen LogP contribution in [0.1, 0.15) is 192 Å². The van der Waals surface area contributed by atoms with Crippen LogP contribution in [0, 0.1) is 49.3 Å². The lowest BCUT2D eigenvalue weighted by Gasteiger charge is -2.29. The molecule has 0 unspecified atom stereocenters. The number of likely N-dealkylation sites (tertiary alicyclic amines) is 4. The zero-order valence-electron chi connectivity index (χ0n) is 74.8. The number of amides is 8. The highest BCUT2D eigenvalue weighted by Gasteiger charge is 2.27. The van der Waals surface area contributed by atoms with E-state index < -0.39 is 23.6 Å². The highest BCUT2D eigenvalue weighted by atomic mass is 79.9. The molecule has 4 aromatic heterocycles. The monoisotopic (exact) mass is 2030 g/mol. The average Bonchev–Trinajstić information content (AvgIpc) is 1.01. The Bertz CT molecular complexity index is 6440. The summed E-state index contributed by atoms with van der Waals surface area (Å²) in [5.41, 5.74) is 10.4. The molecule has 12 N–H and O–H groups in total. The third-order valence-electron chi connectivity index (χ3n) is 22.5. The van der Waals surface area contributed by atoms with Crippen molar-refractivity contribution < 1.29 is 38.4 Å². The highest BCUT2D eigenvalue weighted by molar-refractivity contribution is 9.10. The molecule has 4 aliphatic heterocycles. The summed E-state index contributed by atoms with van der Waals surface area (Å²) in [6.07, 6.45) is 17.2. The summed E-state index contributed by atoms with van der Waals surface area (Å²) in [6.45, 7) is 14.5. The number of nitrogens with zero attached hydrogens (tertiary/aromatic N) is 8. The van der Waals surface area contributed by atoms with Crippen molar-refractivity contribution in [2.24, 2.45) is 0 Å². The fraction of sp³-hybridized carbons (Fsp3) is 0.216. The van der Waals surface area contributed by atoms with Gasteiger partial charge in [-0.2, -0.15) is 0 Å². The number of halogens is 6. The number of anilines is 8. The predicted octanol–water partition coefficient (Wildman–Crippen LogP) is 22.2. The Kier molecular flexibility index (Phi) is 34.7. The van der Waals surface area contributed by atoms with E-state index in [4.69, 9.17) is 68.0 Å². The van der Waals surface area contributed by atoms with Crippen LogP contribution in [0.25, 0.3) is 0 Å². The maximum Gasteiger partial charge on any atom is 0.258 e. The number of hydrogen-bond donors (Lipinski definition) is 12. The molecule has 0 atom stereocenters. The van der Waals surface area contributed by atoms with E-state index in [0.29, 0.717) is 101 Å². The lowest BCUT2D eigenvalue weighted by Crippen LogP contribution is -2.35. The minimum Gasteiger partial charge on any atom is -0.357 e. The van der Waals surface area contributed by atoms with Crippen LogP contribution in [0.15, 0.2) is 240 Å². The number of aromatic nitrogens is 4. The normalized spacial score (nSPS) is 13.1. The van der Waals surface area contributed by atoms with Crippen LogP contribution in [-0.4, -0.2) is 162 Å². The molecule has 8 aromatic carbocycles. The first-order valence-corrected chi connectivity index (χ1v) is 47.1. The molecule has 0 saturated carbocycles. The molecule has 0 radical (unpaired) electrons. The molecular weight excluding hydrogens is 1930 g/mol. The largest absolute Gasteiger partial charge is 0.357 e. The molecule has 0 aliphatic carbocycles. The molecular formula is C102H98Br2Cl4N20O8. The van der Waals surface area contributed by atoms with E-state index in [1.807, 2.05) is 49.6 Å². The summed E-state index contributed by atoms with van der Waals surface area (Å²) >= 11 is 31.2. The minimum atomic E-state index is -0.467. The number of aryl methyl sites for hydroxylation is 4. The number of nitrogens with one attached hydrogen (secondary N) is 12. The molecule has 0 bridgehead atoms. The molecule has 8 heterocycles. The van der Waals surface area contributed by atoms with E-state index in [9.17, 15) is 38.4 Å². The van der Waals surface area contributed by atoms with Gasteiger partial charge >= 0.3 is 0 Å². The predicted molar refractivity (Wildman–Crippen MR) is 546 cm³/mol. The Balaban J connectivity index is 0.000000153. The number of rotatable bonds is 20. The van der Waals surface area contributed by atoms with Crippen LogP contribution in [0.5, 0.6) is 0 Å². The Morgan fingerprint density at radius 1 is 0.265 bits per heavy atom. The lowest BCUT2D eigenvalue weighted by atomic mass is 10.1. The maximum absolute atomic E-state index is 13.0. The second kappa shape index (κ2) is 47.3. The zero-order chi connectivity index (χ0) is 96.6. The van der Waals surface area contributed by atoms with Gasteiger partial charge in [-0.15, -0.1) is 0 Å².